The number of hydrogen-bond donors (Lipinski definition) is 2. The molecule has 1 fully saturated rings. The Morgan fingerprint density at radius 2 is 2.05 bits per heavy atom. The van der Waals surface area contributed by atoms with Crippen molar-refractivity contribution in [1.29, 1.82) is 0 Å². The Balaban J connectivity index is 1.90. The molecule has 0 radical (unpaired) electrons. The number of benzene rings is 1. The predicted molar refractivity (Wildman–Crippen MR) is 89.3 cm³/mol. The summed E-state index contributed by atoms with van der Waals surface area (Å²) in [6.45, 7) is 6.02. The van der Waals surface area contributed by atoms with Gasteiger partial charge < -0.3 is 16.0 Å². The van der Waals surface area contributed by atoms with Gasteiger partial charge in [0.2, 0.25) is 0 Å². The van der Waals surface area contributed by atoms with Crippen LogP contribution in [0.3, 0.4) is 0 Å². The van der Waals surface area contributed by atoms with Crippen molar-refractivity contribution in [2.75, 3.05) is 46.8 Å². The van der Waals surface area contributed by atoms with Crippen molar-refractivity contribution in [2.45, 2.75) is 24.9 Å². The molecule has 118 valence electrons. The maximum atomic E-state index is 6.11. The van der Waals surface area contributed by atoms with E-state index in [1.165, 1.54) is 24.9 Å². The fourth-order valence-corrected chi connectivity index (χ4v) is 3.13. The molecule has 1 aliphatic heterocycles. The van der Waals surface area contributed by atoms with Gasteiger partial charge in [-0.3, -0.25) is 4.90 Å². The molecule has 1 heterocycles. The average molecular weight is 290 g/mol. The first-order valence-electron chi connectivity index (χ1n) is 8.00. The monoisotopic (exact) mass is 290 g/mol. The lowest BCUT2D eigenvalue weighted by Gasteiger charge is -2.43. The van der Waals surface area contributed by atoms with Crippen molar-refractivity contribution < 1.29 is 0 Å². The summed E-state index contributed by atoms with van der Waals surface area (Å²) in [6, 6.07) is 10.7. The van der Waals surface area contributed by atoms with E-state index in [1.54, 1.807) is 0 Å². The lowest BCUT2D eigenvalue weighted by molar-refractivity contribution is 0.118. The highest BCUT2D eigenvalue weighted by Gasteiger charge is 2.33. The Morgan fingerprint density at radius 3 is 2.71 bits per heavy atom. The van der Waals surface area contributed by atoms with Gasteiger partial charge in [0.25, 0.3) is 0 Å². The first-order valence-corrected chi connectivity index (χ1v) is 8.00. The van der Waals surface area contributed by atoms with E-state index >= 15 is 0 Å². The van der Waals surface area contributed by atoms with Gasteiger partial charge in [0.15, 0.2) is 0 Å². The van der Waals surface area contributed by atoms with Gasteiger partial charge in [0, 0.05) is 38.3 Å². The number of likely N-dealkylation sites (N-methyl/N-ethyl adjacent to an activating group) is 1. The minimum atomic E-state index is 0.0863. The summed E-state index contributed by atoms with van der Waals surface area (Å²) in [5, 5.41) is 3.72. The highest BCUT2D eigenvalue weighted by Crippen LogP contribution is 2.21. The molecule has 0 spiro atoms. The molecule has 1 aliphatic rings. The van der Waals surface area contributed by atoms with E-state index in [2.05, 4.69) is 59.5 Å². The molecule has 0 aromatic heterocycles. The molecule has 1 aromatic rings. The molecule has 0 aliphatic carbocycles. The summed E-state index contributed by atoms with van der Waals surface area (Å²) in [6.07, 6.45) is 2.40. The van der Waals surface area contributed by atoms with Crippen molar-refractivity contribution in [1.82, 2.24) is 15.1 Å². The molecule has 0 saturated carbocycles. The predicted octanol–water partition coefficient (Wildman–Crippen LogP) is 1.13. The molecule has 1 atom stereocenters. The minimum Gasteiger partial charge on any atom is -0.329 e. The van der Waals surface area contributed by atoms with Crippen molar-refractivity contribution in [3.63, 3.8) is 0 Å². The summed E-state index contributed by atoms with van der Waals surface area (Å²) in [5.41, 5.74) is 7.58. The van der Waals surface area contributed by atoms with Crippen LogP contribution in [0.5, 0.6) is 0 Å². The van der Waals surface area contributed by atoms with E-state index in [9.17, 15) is 0 Å². The van der Waals surface area contributed by atoms with E-state index in [1.807, 2.05) is 0 Å². The zero-order valence-electron chi connectivity index (χ0n) is 13.5. The third-order valence-electron chi connectivity index (χ3n) is 4.35. The minimum absolute atomic E-state index is 0.0863. The number of likely N-dealkylation sites (tertiary alicyclic amines) is 1. The zero-order chi connectivity index (χ0) is 15.1. The third kappa shape index (κ3) is 5.08. The van der Waals surface area contributed by atoms with Crippen molar-refractivity contribution in [3.05, 3.63) is 35.9 Å². The summed E-state index contributed by atoms with van der Waals surface area (Å²) in [5.74, 6) is 0. The van der Waals surface area contributed by atoms with E-state index in [0.717, 1.165) is 26.2 Å². The second-order valence-electron chi connectivity index (χ2n) is 6.51. The van der Waals surface area contributed by atoms with Gasteiger partial charge in [-0.15, -0.1) is 0 Å². The molecule has 0 bridgehead atoms. The molecule has 1 saturated heterocycles. The van der Waals surface area contributed by atoms with Crippen LogP contribution in [0.1, 0.15) is 18.4 Å². The van der Waals surface area contributed by atoms with E-state index in [0.29, 0.717) is 6.54 Å². The zero-order valence-corrected chi connectivity index (χ0v) is 13.5. The smallest absolute Gasteiger partial charge is 0.0433 e. The normalized spacial score (nSPS) is 23.6. The van der Waals surface area contributed by atoms with Crippen LogP contribution in [0.15, 0.2) is 30.3 Å². The van der Waals surface area contributed by atoms with Crippen LogP contribution in [-0.2, 0) is 6.54 Å². The Hall–Kier alpha value is -0.940. The van der Waals surface area contributed by atoms with Crippen LogP contribution in [0.25, 0.3) is 0 Å². The average Bonchev–Trinajstić information content (AvgIpc) is 2.48. The molecule has 1 unspecified atom stereocenters. The Labute approximate surface area is 129 Å². The van der Waals surface area contributed by atoms with E-state index < -0.39 is 0 Å². The standard InChI is InChI=1S/C17H30N4/c1-20(2)12-10-19-17(14-18)9-6-11-21(15-17)13-16-7-4-3-5-8-16/h3-5,7-8,19H,6,9-15,18H2,1-2H3. The first-order chi connectivity index (χ1) is 10.1. The van der Waals surface area contributed by atoms with Crippen LogP contribution >= 0.6 is 0 Å². The second-order valence-corrected chi connectivity index (χ2v) is 6.51. The van der Waals surface area contributed by atoms with Crippen molar-refractivity contribution in [3.8, 4) is 0 Å². The fraction of sp³-hybridized carbons (Fsp3) is 0.647. The highest BCUT2D eigenvalue weighted by atomic mass is 15.2. The number of rotatable bonds is 7. The molecule has 0 amide bonds. The van der Waals surface area contributed by atoms with E-state index in [-0.39, 0.29) is 5.54 Å². The van der Waals surface area contributed by atoms with Crippen LogP contribution in [0.2, 0.25) is 0 Å². The maximum Gasteiger partial charge on any atom is 0.0433 e. The van der Waals surface area contributed by atoms with Crippen LogP contribution in [0.4, 0.5) is 0 Å². The van der Waals surface area contributed by atoms with Gasteiger partial charge in [0.05, 0.1) is 0 Å². The first kappa shape index (κ1) is 16.4. The molecule has 2 rings (SSSR count). The van der Waals surface area contributed by atoms with Crippen LogP contribution < -0.4 is 11.1 Å². The van der Waals surface area contributed by atoms with E-state index in [4.69, 9.17) is 5.73 Å². The van der Waals surface area contributed by atoms with Gasteiger partial charge in [-0.2, -0.15) is 0 Å². The van der Waals surface area contributed by atoms with Gasteiger partial charge in [0.1, 0.15) is 0 Å². The molecule has 1 aromatic carbocycles. The summed E-state index contributed by atoms with van der Waals surface area (Å²) >= 11 is 0. The highest BCUT2D eigenvalue weighted by molar-refractivity contribution is 5.15. The maximum absolute atomic E-state index is 6.11. The number of nitrogens with two attached hydrogens (primary N) is 1. The third-order valence-corrected chi connectivity index (χ3v) is 4.35. The van der Waals surface area contributed by atoms with Gasteiger partial charge in [-0.25, -0.2) is 0 Å². The Bertz CT molecular complexity index is 407. The molecule has 3 N–H and O–H groups in total. The van der Waals surface area contributed by atoms with Crippen molar-refractivity contribution >= 4 is 0 Å². The van der Waals surface area contributed by atoms with Gasteiger partial charge in [-0.1, -0.05) is 30.3 Å². The van der Waals surface area contributed by atoms with Gasteiger partial charge >= 0.3 is 0 Å². The fourth-order valence-electron chi connectivity index (χ4n) is 3.13. The summed E-state index contributed by atoms with van der Waals surface area (Å²) in [4.78, 5) is 4.75. The number of piperidine rings is 1. The largest absolute Gasteiger partial charge is 0.329 e. The van der Waals surface area contributed by atoms with Gasteiger partial charge in [-0.05, 0) is 39.0 Å². The molecular formula is C17H30N4. The number of hydrogen-bond acceptors (Lipinski definition) is 4. The number of nitrogens with one attached hydrogen (secondary N) is 1. The van der Waals surface area contributed by atoms with Crippen LogP contribution in [0, 0.1) is 0 Å². The lowest BCUT2D eigenvalue weighted by Crippen LogP contribution is -2.61. The summed E-state index contributed by atoms with van der Waals surface area (Å²) < 4.78 is 0. The Morgan fingerprint density at radius 1 is 1.29 bits per heavy atom. The Kier molecular flexibility index (Phi) is 6.18. The molecular weight excluding hydrogens is 260 g/mol. The molecule has 4 heteroatoms. The molecule has 21 heavy (non-hydrogen) atoms. The summed E-state index contributed by atoms with van der Waals surface area (Å²) in [7, 11) is 4.22. The topological polar surface area (TPSA) is 44.5 Å². The lowest BCUT2D eigenvalue weighted by atomic mass is 9.88. The molecule has 4 nitrogen and oxygen atoms in total. The second kappa shape index (κ2) is 7.90. The van der Waals surface area contributed by atoms with Crippen molar-refractivity contribution in [2.24, 2.45) is 5.73 Å². The SMILES string of the molecule is CN(C)CCNC1(CN)CCCN(Cc2ccccc2)C1. The quantitative estimate of drug-likeness (QED) is 0.790. The number of nitrogens with zero attached hydrogens (tertiary/aromatic N) is 2. The van der Waals surface area contributed by atoms with Crippen LogP contribution in [-0.4, -0.2) is 62.2 Å².